The zero-order chi connectivity index (χ0) is 22.2. The van der Waals surface area contributed by atoms with Crippen molar-refractivity contribution in [1.29, 1.82) is 5.26 Å². The summed E-state index contributed by atoms with van der Waals surface area (Å²) in [6.07, 6.45) is 0.306. The van der Waals surface area contributed by atoms with Crippen molar-refractivity contribution in [3.63, 3.8) is 0 Å². The van der Waals surface area contributed by atoms with E-state index in [2.05, 4.69) is 0 Å². The van der Waals surface area contributed by atoms with E-state index in [0.717, 1.165) is 5.69 Å². The second-order valence-electron chi connectivity index (χ2n) is 7.08. The molecular formula is C26H22N2O3. The zero-order valence-electron chi connectivity index (χ0n) is 17.4. The summed E-state index contributed by atoms with van der Waals surface area (Å²) in [6, 6.07) is 26.7. The Morgan fingerprint density at radius 3 is 2.03 bits per heavy atom. The molecule has 5 heteroatoms. The van der Waals surface area contributed by atoms with Gasteiger partial charge in [-0.25, -0.2) is 4.79 Å². The third-order valence-corrected chi connectivity index (χ3v) is 4.68. The van der Waals surface area contributed by atoms with Gasteiger partial charge in [-0.05, 0) is 23.8 Å². The molecule has 0 heterocycles. The molecule has 0 unspecified atom stereocenters. The van der Waals surface area contributed by atoms with Crippen LogP contribution in [0, 0.1) is 11.3 Å². The van der Waals surface area contributed by atoms with Crippen LogP contribution >= 0.6 is 0 Å². The van der Waals surface area contributed by atoms with Gasteiger partial charge >= 0.3 is 5.97 Å². The third kappa shape index (κ3) is 5.46. The number of ketones is 1. The van der Waals surface area contributed by atoms with Crippen LogP contribution in [0.2, 0.25) is 0 Å². The number of rotatable bonds is 7. The molecule has 0 spiro atoms. The van der Waals surface area contributed by atoms with Gasteiger partial charge in [-0.1, -0.05) is 72.8 Å². The van der Waals surface area contributed by atoms with Crippen molar-refractivity contribution in [2.24, 2.45) is 0 Å². The molecule has 0 fully saturated rings. The summed E-state index contributed by atoms with van der Waals surface area (Å²) in [7, 11) is 3.85. The molecule has 3 aromatic rings. The smallest absolute Gasteiger partial charge is 0.349 e. The normalized spacial score (nSPS) is 11.8. The number of carbonyl (C=O) groups is 2. The SMILES string of the molecule is CN(C)c1ccc(/C=C(\C#N)C(=O)O[C@H](C(=O)c2ccccc2)c2ccccc2)cc1. The average molecular weight is 410 g/mol. The minimum absolute atomic E-state index is 0.181. The molecule has 0 saturated heterocycles. The monoisotopic (exact) mass is 410 g/mol. The highest BCUT2D eigenvalue weighted by molar-refractivity contribution is 6.04. The first-order valence-corrected chi connectivity index (χ1v) is 9.74. The molecule has 0 bridgehead atoms. The van der Waals surface area contributed by atoms with Crippen LogP contribution in [0.4, 0.5) is 5.69 Å². The molecule has 0 aliphatic heterocycles. The molecular weight excluding hydrogens is 388 g/mol. The first-order valence-electron chi connectivity index (χ1n) is 9.74. The van der Waals surface area contributed by atoms with E-state index in [9.17, 15) is 14.9 Å². The fourth-order valence-corrected chi connectivity index (χ4v) is 3.00. The zero-order valence-corrected chi connectivity index (χ0v) is 17.4. The Hall–Kier alpha value is -4.17. The summed E-state index contributed by atoms with van der Waals surface area (Å²) in [5.74, 6) is -1.20. The van der Waals surface area contributed by atoms with Gasteiger partial charge in [-0.15, -0.1) is 0 Å². The Kier molecular flexibility index (Phi) is 6.97. The molecule has 154 valence electrons. The minimum Gasteiger partial charge on any atom is -0.445 e. The van der Waals surface area contributed by atoms with Crippen molar-refractivity contribution < 1.29 is 14.3 Å². The lowest BCUT2D eigenvalue weighted by molar-refractivity contribution is -0.142. The van der Waals surface area contributed by atoms with E-state index in [0.29, 0.717) is 16.7 Å². The number of benzene rings is 3. The fourth-order valence-electron chi connectivity index (χ4n) is 3.00. The largest absolute Gasteiger partial charge is 0.445 e. The molecule has 0 aliphatic rings. The lowest BCUT2D eigenvalue weighted by atomic mass is 9.99. The number of anilines is 1. The highest BCUT2D eigenvalue weighted by Crippen LogP contribution is 2.24. The van der Waals surface area contributed by atoms with Crippen molar-refractivity contribution >= 4 is 23.5 Å². The number of hydrogen-bond acceptors (Lipinski definition) is 5. The van der Waals surface area contributed by atoms with Crippen LogP contribution in [0.1, 0.15) is 27.6 Å². The average Bonchev–Trinajstić information content (AvgIpc) is 2.81. The van der Waals surface area contributed by atoms with Crippen LogP contribution in [0.3, 0.4) is 0 Å². The van der Waals surface area contributed by atoms with Gasteiger partial charge in [0.25, 0.3) is 0 Å². The van der Waals surface area contributed by atoms with Crippen molar-refractivity contribution in [3.8, 4) is 6.07 Å². The van der Waals surface area contributed by atoms with Gasteiger partial charge in [0.15, 0.2) is 6.10 Å². The number of nitriles is 1. The highest BCUT2D eigenvalue weighted by atomic mass is 16.5. The van der Waals surface area contributed by atoms with E-state index < -0.39 is 12.1 Å². The van der Waals surface area contributed by atoms with Gasteiger partial charge in [-0.3, -0.25) is 4.79 Å². The molecule has 0 amide bonds. The predicted molar refractivity (Wildman–Crippen MR) is 120 cm³/mol. The lowest BCUT2D eigenvalue weighted by Gasteiger charge is -2.17. The van der Waals surface area contributed by atoms with Crippen molar-refractivity contribution in [3.05, 3.63) is 107 Å². The van der Waals surface area contributed by atoms with Crippen LogP contribution in [0.5, 0.6) is 0 Å². The Labute approximate surface area is 181 Å². The molecule has 1 atom stereocenters. The summed E-state index contributed by atoms with van der Waals surface area (Å²) in [6.45, 7) is 0. The van der Waals surface area contributed by atoms with Crippen LogP contribution in [-0.2, 0) is 9.53 Å². The van der Waals surface area contributed by atoms with E-state index in [1.54, 1.807) is 54.6 Å². The maximum atomic E-state index is 13.1. The van der Waals surface area contributed by atoms with Crippen LogP contribution in [0.25, 0.3) is 6.08 Å². The number of carbonyl (C=O) groups excluding carboxylic acids is 2. The number of hydrogen-bond donors (Lipinski definition) is 0. The maximum absolute atomic E-state index is 13.1. The van der Waals surface area contributed by atoms with E-state index in [-0.39, 0.29) is 11.4 Å². The van der Waals surface area contributed by atoms with Gasteiger partial charge in [-0.2, -0.15) is 5.26 Å². The first kappa shape index (κ1) is 21.5. The van der Waals surface area contributed by atoms with Gasteiger partial charge in [0.05, 0.1) is 0 Å². The Morgan fingerprint density at radius 2 is 1.48 bits per heavy atom. The van der Waals surface area contributed by atoms with E-state index in [4.69, 9.17) is 4.74 Å². The number of Topliss-reactive ketones (excluding diaryl/α,β-unsaturated/α-hetero) is 1. The van der Waals surface area contributed by atoms with E-state index >= 15 is 0 Å². The molecule has 0 aliphatic carbocycles. The van der Waals surface area contributed by atoms with Crippen LogP contribution < -0.4 is 4.90 Å². The summed E-state index contributed by atoms with van der Waals surface area (Å²) in [5, 5.41) is 9.53. The van der Waals surface area contributed by atoms with Gasteiger partial charge in [0.2, 0.25) is 5.78 Å². The molecule has 0 radical (unpaired) electrons. The molecule has 0 saturated carbocycles. The first-order chi connectivity index (χ1) is 15.0. The number of ether oxygens (including phenoxy) is 1. The minimum atomic E-state index is -1.15. The predicted octanol–water partition coefficient (Wildman–Crippen LogP) is 4.83. The maximum Gasteiger partial charge on any atom is 0.349 e. The standard InChI is InChI=1S/C26H22N2O3/c1-28(2)23-15-13-19(14-16-23)17-22(18-27)26(30)31-25(21-11-7-4-8-12-21)24(29)20-9-5-3-6-10-20/h3-17,25H,1-2H3/b22-17+/t25-/m0/s1. The van der Waals surface area contributed by atoms with Crippen molar-refractivity contribution in [2.45, 2.75) is 6.10 Å². The highest BCUT2D eigenvalue weighted by Gasteiger charge is 2.27. The molecule has 3 rings (SSSR count). The Morgan fingerprint density at radius 1 is 0.903 bits per heavy atom. The Balaban J connectivity index is 1.88. The second kappa shape index (κ2) is 10.0. The third-order valence-electron chi connectivity index (χ3n) is 4.68. The summed E-state index contributed by atoms with van der Waals surface area (Å²) in [5.41, 5.74) is 2.46. The summed E-state index contributed by atoms with van der Waals surface area (Å²) < 4.78 is 5.55. The summed E-state index contributed by atoms with van der Waals surface area (Å²) >= 11 is 0. The van der Waals surface area contributed by atoms with E-state index in [1.807, 2.05) is 55.4 Å². The Bertz CT molecular complexity index is 1110. The van der Waals surface area contributed by atoms with Crippen LogP contribution in [0.15, 0.2) is 90.5 Å². The van der Waals surface area contributed by atoms with E-state index in [1.165, 1.54) is 6.08 Å². The molecule has 31 heavy (non-hydrogen) atoms. The quantitative estimate of drug-likeness (QED) is 0.242. The molecule has 5 nitrogen and oxygen atoms in total. The topological polar surface area (TPSA) is 70.4 Å². The molecule has 0 aromatic heterocycles. The van der Waals surface area contributed by atoms with Gasteiger partial charge in [0, 0.05) is 30.9 Å². The molecule has 0 N–H and O–H groups in total. The van der Waals surface area contributed by atoms with Crippen molar-refractivity contribution in [1.82, 2.24) is 0 Å². The molecule has 3 aromatic carbocycles. The number of nitrogens with zero attached hydrogens (tertiary/aromatic N) is 2. The summed E-state index contributed by atoms with van der Waals surface area (Å²) in [4.78, 5) is 27.8. The van der Waals surface area contributed by atoms with Crippen LogP contribution in [-0.4, -0.2) is 25.8 Å². The fraction of sp³-hybridized carbons (Fsp3) is 0.115. The van der Waals surface area contributed by atoms with Crippen molar-refractivity contribution in [2.75, 3.05) is 19.0 Å². The van der Waals surface area contributed by atoms with Gasteiger partial charge in [0.1, 0.15) is 11.6 Å². The van der Waals surface area contributed by atoms with Gasteiger partial charge < -0.3 is 9.64 Å². The number of esters is 1. The lowest BCUT2D eigenvalue weighted by Crippen LogP contribution is -2.21. The second-order valence-corrected chi connectivity index (χ2v) is 7.08.